The minimum Gasteiger partial charge on any atom is -0.462 e. The van der Waals surface area contributed by atoms with Gasteiger partial charge in [-0.3, -0.25) is 9.80 Å². The number of nitrogens with zero attached hydrogens (tertiary/aromatic N) is 3. The zero-order valence-corrected chi connectivity index (χ0v) is 18.6. The van der Waals surface area contributed by atoms with Crippen molar-refractivity contribution in [3.05, 3.63) is 58.7 Å². The zero-order chi connectivity index (χ0) is 24.6. The van der Waals surface area contributed by atoms with Crippen LogP contribution in [0.15, 0.2) is 36.4 Å². The largest absolute Gasteiger partial charge is 0.462 e. The Balaban J connectivity index is 1.75. The Labute approximate surface area is 194 Å². The fourth-order valence-corrected chi connectivity index (χ4v) is 4.51. The summed E-state index contributed by atoms with van der Waals surface area (Å²) in [7, 11) is 0. The molecule has 0 aliphatic carbocycles. The van der Waals surface area contributed by atoms with E-state index in [1.165, 1.54) is 15.9 Å². The summed E-state index contributed by atoms with van der Waals surface area (Å²) in [5.41, 5.74) is -0.0510. The van der Waals surface area contributed by atoms with Gasteiger partial charge in [-0.25, -0.2) is 9.59 Å². The first kappa shape index (κ1) is 23.6. The van der Waals surface area contributed by atoms with Crippen LogP contribution in [0.1, 0.15) is 40.4 Å². The number of halogens is 3. The van der Waals surface area contributed by atoms with Crippen LogP contribution in [0.2, 0.25) is 0 Å². The molecule has 2 aromatic carbocycles. The Morgan fingerprint density at radius 2 is 1.85 bits per heavy atom. The molecule has 0 N–H and O–H groups in total. The molecule has 2 saturated heterocycles. The smallest absolute Gasteiger partial charge is 0.417 e. The molecule has 0 aromatic heterocycles. The number of hydrogen-bond donors (Lipinski definition) is 0. The number of carbonyl (C=O) groups is 2. The Bertz CT molecular complexity index is 1180. The number of nitriles is 1. The molecule has 2 atom stereocenters. The third-order valence-electron chi connectivity index (χ3n) is 6.06. The second kappa shape index (κ2) is 8.99. The van der Waals surface area contributed by atoms with Gasteiger partial charge in [-0.2, -0.15) is 18.4 Å². The molecule has 7 nitrogen and oxygen atoms in total. The highest BCUT2D eigenvalue weighted by Gasteiger charge is 2.49. The van der Waals surface area contributed by atoms with Crippen LogP contribution in [0.25, 0.3) is 0 Å². The number of amides is 2. The lowest BCUT2D eigenvalue weighted by atomic mass is 10.0. The van der Waals surface area contributed by atoms with E-state index in [4.69, 9.17) is 14.7 Å². The standard InChI is InChI=1S/C24H22F3N3O4/c1-3-34-22(31)18-7-6-16(10-14(18)2)30-21-13-33-9-8-20(21)29(23(30)32)17-5-4-15(12-28)19(11-17)24(25,26)27/h4-7,10-11,20-21H,3,8-9,13H2,1-2H3/t20-,21-/m0/s1. The molecule has 0 radical (unpaired) electrons. The highest BCUT2D eigenvalue weighted by Crippen LogP contribution is 2.40. The van der Waals surface area contributed by atoms with Gasteiger partial charge in [0, 0.05) is 18.0 Å². The zero-order valence-electron chi connectivity index (χ0n) is 18.6. The van der Waals surface area contributed by atoms with Crippen LogP contribution in [0.3, 0.4) is 0 Å². The summed E-state index contributed by atoms with van der Waals surface area (Å²) in [6.07, 6.45) is -4.30. The number of urea groups is 1. The fraction of sp³-hybridized carbons (Fsp3) is 0.375. The molecule has 2 aliphatic heterocycles. The Morgan fingerprint density at radius 1 is 1.18 bits per heavy atom. The second-order valence-electron chi connectivity index (χ2n) is 8.08. The van der Waals surface area contributed by atoms with Crippen molar-refractivity contribution in [2.45, 2.75) is 38.5 Å². The highest BCUT2D eigenvalue weighted by atomic mass is 19.4. The van der Waals surface area contributed by atoms with Gasteiger partial charge >= 0.3 is 18.2 Å². The van der Waals surface area contributed by atoms with E-state index in [9.17, 15) is 22.8 Å². The van der Waals surface area contributed by atoms with Gasteiger partial charge in [0.1, 0.15) is 0 Å². The summed E-state index contributed by atoms with van der Waals surface area (Å²) in [5, 5.41) is 9.10. The van der Waals surface area contributed by atoms with Gasteiger partial charge in [-0.05, 0) is 62.2 Å². The Hall–Kier alpha value is -3.58. The van der Waals surface area contributed by atoms with Crippen molar-refractivity contribution in [3.63, 3.8) is 0 Å². The number of carbonyl (C=O) groups excluding carboxylic acids is 2. The monoisotopic (exact) mass is 473 g/mol. The predicted octanol–water partition coefficient (Wildman–Crippen LogP) is 4.67. The average molecular weight is 473 g/mol. The van der Waals surface area contributed by atoms with Crippen LogP contribution >= 0.6 is 0 Å². The number of alkyl halides is 3. The van der Waals surface area contributed by atoms with Gasteiger partial charge < -0.3 is 9.47 Å². The molecule has 178 valence electrons. The highest BCUT2D eigenvalue weighted by molar-refractivity contribution is 6.08. The van der Waals surface area contributed by atoms with Crippen LogP contribution in [-0.4, -0.2) is 43.9 Å². The molecular formula is C24H22F3N3O4. The molecular weight excluding hydrogens is 451 g/mol. The van der Waals surface area contributed by atoms with Gasteiger partial charge in [-0.1, -0.05) is 0 Å². The molecule has 2 aliphatic rings. The molecule has 0 unspecified atom stereocenters. The molecule has 0 saturated carbocycles. The number of benzene rings is 2. The van der Waals surface area contributed by atoms with Crippen LogP contribution in [0.5, 0.6) is 0 Å². The quantitative estimate of drug-likeness (QED) is 0.603. The normalized spacial score (nSPS) is 20.2. The topological polar surface area (TPSA) is 82.9 Å². The number of hydrogen-bond acceptors (Lipinski definition) is 5. The summed E-state index contributed by atoms with van der Waals surface area (Å²) in [5.74, 6) is -0.475. The van der Waals surface area contributed by atoms with Crippen molar-refractivity contribution >= 4 is 23.4 Å². The van der Waals surface area contributed by atoms with Crippen LogP contribution in [-0.2, 0) is 15.7 Å². The number of esters is 1. The number of fused-ring (bicyclic) bond motifs is 1. The second-order valence-corrected chi connectivity index (χ2v) is 8.08. The molecule has 2 fully saturated rings. The third-order valence-corrected chi connectivity index (χ3v) is 6.06. The van der Waals surface area contributed by atoms with Gasteiger partial charge in [0.15, 0.2) is 0 Å². The van der Waals surface area contributed by atoms with Crippen molar-refractivity contribution in [2.75, 3.05) is 29.6 Å². The molecule has 2 amide bonds. The summed E-state index contributed by atoms with van der Waals surface area (Å²) in [6.45, 7) is 4.23. The molecule has 2 heterocycles. The van der Waals surface area contributed by atoms with Crippen molar-refractivity contribution in [1.29, 1.82) is 5.26 Å². The predicted molar refractivity (Wildman–Crippen MR) is 117 cm³/mol. The van der Waals surface area contributed by atoms with E-state index in [0.29, 0.717) is 29.8 Å². The number of aryl methyl sites for hydroxylation is 1. The third kappa shape index (κ3) is 4.07. The SMILES string of the molecule is CCOC(=O)c1ccc(N2C(=O)N(c3ccc(C#N)c(C(F)(F)F)c3)[C@H]3CCOC[C@@H]32)cc1C. The van der Waals surface area contributed by atoms with Crippen molar-refractivity contribution in [2.24, 2.45) is 0 Å². The van der Waals surface area contributed by atoms with E-state index >= 15 is 0 Å². The van der Waals surface area contributed by atoms with Gasteiger partial charge in [-0.15, -0.1) is 0 Å². The van der Waals surface area contributed by atoms with E-state index in [1.807, 2.05) is 0 Å². The van der Waals surface area contributed by atoms with Crippen LogP contribution in [0.4, 0.5) is 29.3 Å². The summed E-state index contributed by atoms with van der Waals surface area (Å²) in [4.78, 5) is 28.6. The minimum atomic E-state index is -4.74. The molecule has 4 rings (SSSR count). The van der Waals surface area contributed by atoms with Crippen molar-refractivity contribution in [1.82, 2.24) is 0 Å². The fourth-order valence-electron chi connectivity index (χ4n) is 4.51. The van der Waals surface area contributed by atoms with Crippen LogP contribution < -0.4 is 9.80 Å². The maximum atomic E-state index is 13.6. The first-order chi connectivity index (χ1) is 16.2. The molecule has 10 heteroatoms. The first-order valence-corrected chi connectivity index (χ1v) is 10.8. The minimum absolute atomic E-state index is 0.0654. The van der Waals surface area contributed by atoms with Gasteiger partial charge in [0.2, 0.25) is 0 Å². The van der Waals surface area contributed by atoms with E-state index in [2.05, 4.69) is 0 Å². The van der Waals surface area contributed by atoms with Crippen molar-refractivity contribution < 1.29 is 32.2 Å². The van der Waals surface area contributed by atoms with Crippen molar-refractivity contribution in [3.8, 4) is 6.07 Å². The lowest BCUT2D eigenvalue weighted by Gasteiger charge is -2.32. The molecule has 0 bridgehead atoms. The Morgan fingerprint density at radius 3 is 2.50 bits per heavy atom. The molecule has 0 spiro atoms. The van der Waals surface area contributed by atoms with Crippen LogP contribution in [0, 0.1) is 18.3 Å². The van der Waals surface area contributed by atoms with E-state index in [-0.39, 0.29) is 18.9 Å². The van der Waals surface area contributed by atoms with Gasteiger partial charge in [0.05, 0.1) is 48.1 Å². The number of anilines is 2. The summed E-state index contributed by atoms with van der Waals surface area (Å²) >= 11 is 0. The Kier molecular flexibility index (Phi) is 6.23. The number of ether oxygens (including phenoxy) is 2. The maximum absolute atomic E-state index is 13.6. The van der Waals surface area contributed by atoms with E-state index in [0.717, 1.165) is 12.1 Å². The van der Waals surface area contributed by atoms with E-state index in [1.54, 1.807) is 38.1 Å². The summed E-state index contributed by atoms with van der Waals surface area (Å²) in [6, 6.07) is 8.37. The van der Waals surface area contributed by atoms with Gasteiger partial charge in [0.25, 0.3) is 0 Å². The average Bonchev–Trinajstić information content (AvgIpc) is 3.09. The lowest BCUT2D eigenvalue weighted by Crippen LogP contribution is -2.45. The summed E-state index contributed by atoms with van der Waals surface area (Å²) < 4.78 is 51.3. The first-order valence-electron chi connectivity index (χ1n) is 10.8. The number of rotatable bonds is 4. The van der Waals surface area contributed by atoms with E-state index < -0.39 is 41.4 Å². The lowest BCUT2D eigenvalue weighted by molar-refractivity contribution is -0.137. The maximum Gasteiger partial charge on any atom is 0.417 e. The molecule has 2 aromatic rings. The molecule has 34 heavy (non-hydrogen) atoms.